The predicted molar refractivity (Wildman–Crippen MR) is 140 cm³/mol. The lowest BCUT2D eigenvalue weighted by Gasteiger charge is -2.17. The van der Waals surface area contributed by atoms with Crippen molar-refractivity contribution in [3.63, 3.8) is 0 Å². The fourth-order valence-corrected chi connectivity index (χ4v) is 3.43. The van der Waals surface area contributed by atoms with Gasteiger partial charge in [-0.05, 0) is 68.7 Å². The second kappa shape index (κ2) is 11.8. The molecular formula is C29H32N2O3. The summed E-state index contributed by atoms with van der Waals surface area (Å²) in [6.07, 6.45) is 6.22. The molecule has 0 bridgehead atoms. The van der Waals surface area contributed by atoms with Crippen LogP contribution in [0.1, 0.15) is 36.1 Å². The lowest BCUT2D eigenvalue weighted by atomic mass is 9.99. The number of anilines is 2. The highest BCUT2D eigenvalue weighted by molar-refractivity contribution is 6.03. The molecule has 1 amide bonds. The second-order valence-electron chi connectivity index (χ2n) is 8.31. The zero-order valence-electron chi connectivity index (χ0n) is 20.2. The first-order valence-electron chi connectivity index (χ1n) is 11.2. The van der Waals surface area contributed by atoms with Crippen LogP contribution in [0.4, 0.5) is 11.4 Å². The van der Waals surface area contributed by atoms with Gasteiger partial charge >= 0.3 is 0 Å². The molecule has 0 atom stereocenters. The number of ether oxygens (including phenoxy) is 2. The van der Waals surface area contributed by atoms with Crippen molar-refractivity contribution in [1.29, 1.82) is 0 Å². The number of allylic oxidation sites excluding steroid dienone is 2. The van der Waals surface area contributed by atoms with Crippen LogP contribution in [0.5, 0.6) is 11.5 Å². The summed E-state index contributed by atoms with van der Waals surface area (Å²) in [7, 11) is 1.65. The monoisotopic (exact) mass is 456 g/mol. The molecule has 5 nitrogen and oxygen atoms in total. The quantitative estimate of drug-likeness (QED) is 0.224. The van der Waals surface area contributed by atoms with E-state index in [1.807, 2.05) is 42.5 Å². The molecule has 0 spiro atoms. The Morgan fingerprint density at radius 1 is 1.03 bits per heavy atom. The number of nitrogen functional groups attached to an aromatic ring is 1. The van der Waals surface area contributed by atoms with Crippen molar-refractivity contribution in [2.24, 2.45) is 0 Å². The van der Waals surface area contributed by atoms with Gasteiger partial charge in [0.2, 0.25) is 5.91 Å². The molecule has 0 radical (unpaired) electrons. The number of benzene rings is 3. The van der Waals surface area contributed by atoms with E-state index in [-0.39, 0.29) is 5.91 Å². The van der Waals surface area contributed by atoms with Crippen LogP contribution in [0.3, 0.4) is 0 Å². The second-order valence-corrected chi connectivity index (χ2v) is 8.31. The highest BCUT2D eigenvalue weighted by atomic mass is 16.5. The molecule has 3 N–H and O–H groups in total. The minimum atomic E-state index is -0.259. The highest BCUT2D eigenvalue weighted by Crippen LogP contribution is 2.31. The Labute approximate surface area is 201 Å². The van der Waals surface area contributed by atoms with E-state index in [4.69, 9.17) is 15.2 Å². The number of hydrogen-bond acceptors (Lipinski definition) is 4. The minimum Gasteiger partial charge on any atom is -0.497 e. The third kappa shape index (κ3) is 6.75. The standard InChI is InChI=1S/C29H32N2O3/c1-20(2)9-17-25-21(3)10-13-23(14-18-28(32)31-27-8-6-5-7-26(27)30)29(25)34-19-22-11-15-24(33-4)16-12-22/h5-16,18H,17,19,30H2,1-4H3,(H,31,32)/b18-14-. The Kier molecular flexibility index (Phi) is 8.52. The van der Waals surface area contributed by atoms with Gasteiger partial charge < -0.3 is 20.5 Å². The summed E-state index contributed by atoms with van der Waals surface area (Å²) in [4.78, 5) is 12.5. The van der Waals surface area contributed by atoms with Gasteiger partial charge in [-0.25, -0.2) is 0 Å². The maximum Gasteiger partial charge on any atom is 0.248 e. The van der Waals surface area contributed by atoms with Crippen LogP contribution >= 0.6 is 0 Å². The summed E-state index contributed by atoms with van der Waals surface area (Å²) in [5.41, 5.74) is 12.4. The first kappa shape index (κ1) is 24.6. The summed E-state index contributed by atoms with van der Waals surface area (Å²) in [5, 5.41) is 2.82. The topological polar surface area (TPSA) is 73.6 Å². The fraction of sp³-hybridized carbons (Fsp3) is 0.207. The Hall–Kier alpha value is -3.99. The molecule has 0 unspecified atom stereocenters. The molecule has 0 aliphatic heterocycles. The maximum absolute atomic E-state index is 12.5. The third-order valence-electron chi connectivity index (χ3n) is 5.41. The normalized spacial score (nSPS) is 10.7. The van der Waals surface area contributed by atoms with Gasteiger partial charge in [0.05, 0.1) is 18.5 Å². The lowest BCUT2D eigenvalue weighted by molar-refractivity contribution is -0.111. The number of carbonyl (C=O) groups excluding carboxylic acids is 1. The lowest BCUT2D eigenvalue weighted by Crippen LogP contribution is -2.09. The Morgan fingerprint density at radius 2 is 1.76 bits per heavy atom. The van der Waals surface area contributed by atoms with Crippen LogP contribution in [0, 0.1) is 6.92 Å². The summed E-state index contributed by atoms with van der Waals surface area (Å²) < 4.78 is 11.6. The molecule has 176 valence electrons. The van der Waals surface area contributed by atoms with E-state index in [2.05, 4.69) is 38.2 Å². The highest BCUT2D eigenvalue weighted by Gasteiger charge is 2.12. The molecule has 0 heterocycles. The predicted octanol–water partition coefficient (Wildman–Crippen LogP) is 6.33. The van der Waals surface area contributed by atoms with Gasteiger partial charge in [-0.2, -0.15) is 0 Å². The van der Waals surface area contributed by atoms with Crippen LogP contribution < -0.4 is 20.5 Å². The first-order chi connectivity index (χ1) is 16.4. The van der Waals surface area contributed by atoms with Crippen molar-refractivity contribution in [1.82, 2.24) is 0 Å². The van der Waals surface area contributed by atoms with E-state index in [1.54, 1.807) is 25.3 Å². The van der Waals surface area contributed by atoms with E-state index in [0.717, 1.165) is 40.2 Å². The zero-order valence-corrected chi connectivity index (χ0v) is 20.2. The molecule has 5 heteroatoms. The maximum atomic E-state index is 12.5. The summed E-state index contributed by atoms with van der Waals surface area (Å²) in [6, 6.07) is 19.0. The molecule has 3 aromatic rings. The number of amides is 1. The average Bonchev–Trinajstić information content (AvgIpc) is 2.83. The van der Waals surface area contributed by atoms with Crippen molar-refractivity contribution in [3.8, 4) is 11.5 Å². The number of rotatable bonds is 9. The van der Waals surface area contributed by atoms with Crippen molar-refractivity contribution in [2.75, 3.05) is 18.2 Å². The number of aryl methyl sites for hydroxylation is 1. The van der Waals surface area contributed by atoms with Gasteiger partial charge in [0.1, 0.15) is 18.1 Å². The summed E-state index contributed by atoms with van der Waals surface area (Å²) in [6.45, 7) is 6.64. The molecule has 0 aliphatic rings. The fourth-order valence-electron chi connectivity index (χ4n) is 3.43. The molecule has 0 fully saturated rings. The smallest absolute Gasteiger partial charge is 0.248 e. The van der Waals surface area contributed by atoms with Crippen molar-refractivity contribution in [3.05, 3.63) is 101 Å². The summed E-state index contributed by atoms with van der Waals surface area (Å²) >= 11 is 0. The Balaban J connectivity index is 1.87. The zero-order chi connectivity index (χ0) is 24.5. The van der Waals surface area contributed by atoms with E-state index in [0.29, 0.717) is 18.0 Å². The molecule has 34 heavy (non-hydrogen) atoms. The number of para-hydroxylation sites is 2. The van der Waals surface area contributed by atoms with E-state index in [9.17, 15) is 4.79 Å². The van der Waals surface area contributed by atoms with E-state index < -0.39 is 0 Å². The van der Waals surface area contributed by atoms with E-state index >= 15 is 0 Å². The SMILES string of the molecule is COc1ccc(COc2c(/C=C\C(=O)Nc3ccccc3N)ccc(C)c2CC=C(C)C)cc1. The molecule has 0 saturated heterocycles. The Bertz CT molecular complexity index is 1190. The van der Waals surface area contributed by atoms with Crippen LogP contribution in [0.25, 0.3) is 6.08 Å². The van der Waals surface area contributed by atoms with Gasteiger partial charge in [-0.3, -0.25) is 4.79 Å². The molecule has 0 saturated carbocycles. The molecule has 0 aromatic heterocycles. The number of methoxy groups -OCH3 is 1. The van der Waals surface area contributed by atoms with Gasteiger partial charge in [-0.1, -0.05) is 48.0 Å². The largest absolute Gasteiger partial charge is 0.497 e. The van der Waals surface area contributed by atoms with Gasteiger partial charge in [0.25, 0.3) is 0 Å². The number of carbonyl (C=O) groups is 1. The molecule has 3 aromatic carbocycles. The summed E-state index contributed by atoms with van der Waals surface area (Å²) in [5.74, 6) is 1.32. The van der Waals surface area contributed by atoms with E-state index in [1.165, 1.54) is 11.6 Å². The number of hydrogen-bond donors (Lipinski definition) is 2. The van der Waals surface area contributed by atoms with Crippen molar-refractivity contribution in [2.45, 2.75) is 33.8 Å². The Morgan fingerprint density at radius 3 is 2.44 bits per heavy atom. The molecule has 3 rings (SSSR count). The third-order valence-corrected chi connectivity index (χ3v) is 5.41. The van der Waals surface area contributed by atoms with Crippen molar-refractivity contribution >= 4 is 23.4 Å². The van der Waals surface area contributed by atoms with Gasteiger partial charge in [0, 0.05) is 17.2 Å². The molecule has 0 aliphatic carbocycles. The van der Waals surface area contributed by atoms with Crippen molar-refractivity contribution < 1.29 is 14.3 Å². The van der Waals surface area contributed by atoms with Gasteiger partial charge in [0.15, 0.2) is 0 Å². The van der Waals surface area contributed by atoms with Gasteiger partial charge in [-0.15, -0.1) is 0 Å². The minimum absolute atomic E-state index is 0.259. The average molecular weight is 457 g/mol. The molecular weight excluding hydrogens is 424 g/mol. The van der Waals surface area contributed by atoms with Crippen LogP contribution in [-0.4, -0.2) is 13.0 Å². The van der Waals surface area contributed by atoms with Crippen LogP contribution in [0.15, 0.2) is 78.4 Å². The van der Waals surface area contributed by atoms with Crippen LogP contribution in [0.2, 0.25) is 0 Å². The van der Waals surface area contributed by atoms with Crippen LogP contribution in [-0.2, 0) is 17.8 Å². The number of nitrogens with two attached hydrogens (primary N) is 1. The first-order valence-corrected chi connectivity index (χ1v) is 11.2. The number of nitrogens with one attached hydrogen (secondary N) is 1.